The van der Waals surface area contributed by atoms with E-state index < -0.39 is 11.8 Å². The van der Waals surface area contributed by atoms with Gasteiger partial charge in [-0.15, -0.1) is 17.9 Å². The van der Waals surface area contributed by atoms with E-state index in [9.17, 15) is 13.2 Å². The van der Waals surface area contributed by atoms with Crippen molar-refractivity contribution in [3.8, 4) is 10.6 Å². The first kappa shape index (κ1) is 22.6. The summed E-state index contributed by atoms with van der Waals surface area (Å²) in [6.45, 7) is 5.06. The Morgan fingerprint density at radius 2 is 2.03 bits per heavy atom. The summed E-state index contributed by atoms with van der Waals surface area (Å²) in [5.74, 6) is 2.62. The third-order valence-corrected chi connectivity index (χ3v) is 8.51. The van der Waals surface area contributed by atoms with Crippen LogP contribution < -0.4 is 0 Å². The van der Waals surface area contributed by atoms with Gasteiger partial charge in [-0.1, -0.05) is 12.5 Å². The molecular weight excluding hydrogens is 449 g/mol. The Morgan fingerprint density at radius 1 is 1.21 bits per heavy atom. The standard InChI is InChI=1S/C25H27F3N2O2S/c1-4-18-14-6-5-7-15(11-16(18)10-14)22-30-20-13-17(24(2,31-3)25(26,27)28)12-19(21(20)32-22)23-29-8-9-33-23/h4,8-9,12-16,18H,1,5-7,10-11H2,2-3H3. The van der Waals surface area contributed by atoms with Crippen LogP contribution in [0.2, 0.25) is 0 Å². The number of alkyl halides is 3. The molecule has 5 unspecified atom stereocenters. The van der Waals surface area contributed by atoms with E-state index in [1.54, 1.807) is 11.6 Å². The molecule has 0 amide bonds. The number of ether oxygens (including phenoxy) is 1. The minimum absolute atomic E-state index is 0.0127. The number of nitrogens with zero attached hydrogens (tertiary/aromatic N) is 2. The summed E-state index contributed by atoms with van der Waals surface area (Å²) in [5.41, 5.74) is -1.07. The molecule has 3 saturated carbocycles. The molecule has 2 heterocycles. The number of oxazole rings is 1. The van der Waals surface area contributed by atoms with Gasteiger partial charge in [0.25, 0.3) is 0 Å². The lowest BCUT2D eigenvalue weighted by molar-refractivity contribution is -0.269. The van der Waals surface area contributed by atoms with Gasteiger partial charge in [0.2, 0.25) is 0 Å². The van der Waals surface area contributed by atoms with Gasteiger partial charge in [-0.05, 0) is 68.1 Å². The van der Waals surface area contributed by atoms with Gasteiger partial charge in [0.05, 0.1) is 5.56 Å². The first-order chi connectivity index (χ1) is 15.7. The highest BCUT2D eigenvalue weighted by Crippen LogP contribution is 2.52. The number of benzene rings is 1. The van der Waals surface area contributed by atoms with Crippen molar-refractivity contribution in [1.82, 2.24) is 9.97 Å². The second-order valence-electron chi connectivity index (χ2n) is 9.43. The number of hydrogen-bond acceptors (Lipinski definition) is 5. The SMILES string of the molecule is C=CC1C2CCCC(c3nc4cc(C(C)(OC)C(F)(F)F)cc(-c5nccs5)c4o3)CC1C2. The van der Waals surface area contributed by atoms with Gasteiger partial charge in [0, 0.05) is 24.6 Å². The minimum atomic E-state index is -4.60. The van der Waals surface area contributed by atoms with Crippen molar-refractivity contribution in [3.05, 3.63) is 47.8 Å². The Hall–Kier alpha value is -2.19. The summed E-state index contributed by atoms with van der Waals surface area (Å²) in [6, 6.07) is 2.93. The topological polar surface area (TPSA) is 48.2 Å². The van der Waals surface area contributed by atoms with Gasteiger partial charge >= 0.3 is 6.18 Å². The van der Waals surface area contributed by atoms with Crippen molar-refractivity contribution >= 4 is 22.4 Å². The molecule has 0 aliphatic heterocycles. The minimum Gasteiger partial charge on any atom is -0.440 e. The number of rotatable bonds is 5. The lowest BCUT2D eigenvalue weighted by Crippen LogP contribution is -2.41. The normalized spacial score (nSPS) is 27.4. The molecule has 0 saturated heterocycles. The third kappa shape index (κ3) is 3.71. The zero-order valence-corrected chi connectivity index (χ0v) is 19.5. The van der Waals surface area contributed by atoms with Crippen LogP contribution in [-0.2, 0) is 10.3 Å². The highest BCUT2D eigenvalue weighted by molar-refractivity contribution is 7.13. The first-order valence-corrected chi connectivity index (χ1v) is 12.2. The van der Waals surface area contributed by atoms with E-state index in [1.165, 1.54) is 36.3 Å². The monoisotopic (exact) mass is 476 g/mol. The molecule has 176 valence electrons. The van der Waals surface area contributed by atoms with E-state index >= 15 is 0 Å². The van der Waals surface area contributed by atoms with E-state index in [2.05, 4.69) is 17.6 Å². The van der Waals surface area contributed by atoms with Gasteiger partial charge < -0.3 is 9.15 Å². The van der Waals surface area contributed by atoms with E-state index in [1.807, 2.05) is 0 Å². The summed E-state index contributed by atoms with van der Waals surface area (Å²) in [5, 5.41) is 2.39. The molecule has 0 N–H and O–H groups in total. The van der Waals surface area contributed by atoms with Crippen LogP contribution in [0, 0.1) is 17.8 Å². The maximum absolute atomic E-state index is 14.0. The predicted octanol–water partition coefficient (Wildman–Crippen LogP) is 7.47. The Bertz CT molecular complexity index is 1150. The molecule has 1 aromatic carbocycles. The average molecular weight is 477 g/mol. The molecule has 33 heavy (non-hydrogen) atoms. The largest absolute Gasteiger partial charge is 0.440 e. The van der Waals surface area contributed by atoms with Crippen LogP contribution in [-0.4, -0.2) is 23.3 Å². The molecule has 3 aromatic rings. The number of aromatic nitrogens is 2. The van der Waals surface area contributed by atoms with E-state index in [0.29, 0.717) is 39.4 Å². The first-order valence-electron chi connectivity index (χ1n) is 11.3. The maximum Gasteiger partial charge on any atom is 0.421 e. The van der Waals surface area contributed by atoms with E-state index in [0.717, 1.165) is 39.2 Å². The van der Waals surface area contributed by atoms with Crippen LogP contribution >= 0.6 is 11.3 Å². The Labute approximate surface area is 194 Å². The fraction of sp³-hybridized carbons (Fsp3) is 0.520. The molecule has 5 atom stereocenters. The summed E-state index contributed by atoms with van der Waals surface area (Å²) in [7, 11) is 1.07. The van der Waals surface area contributed by atoms with Gasteiger partial charge in [0.15, 0.2) is 17.1 Å². The molecule has 3 fully saturated rings. The number of methoxy groups -OCH3 is 1. The van der Waals surface area contributed by atoms with Crippen LogP contribution in [0.25, 0.3) is 21.7 Å². The van der Waals surface area contributed by atoms with Crippen molar-refractivity contribution in [2.75, 3.05) is 7.11 Å². The second-order valence-corrected chi connectivity index (χ2v) is 10.3. The fourth-order valence-electron chi connectivity index (χ4n) is 5.59. The highest BCUT2D eigenvalue weighted by atomic mass is 32.1. The molecular formula is C25H27F3N2O2S. The molecule has 2 bridgehead atoms. The molecule has 6 rings (SSSR count). The number of halogens is 3. The van der Waals surface area contributed by atoms with Crippen molar-refractivity contribution in [3.63, 3.8) is 0 Å². The summed E-state index contributed by atoms with van der Waals surface area (Å²) in [6.07, 6.45) is 4.54. The summed E-state index contributed by atoms with van der Waals surface area (Å²) < 4.78 is 53.2. The molecule has 4 nitrogen and oxygen atoms in total. The summed E-state index contributed by atoms with van der Waals surface area (Å²) in [4.78, 5) is 9.07. The van der Waals surface area contributed by atoms with Crippen molar-refractivity contribution in [2.45, 2.75) is 56.7 Å². The molecule has 8 heteroatoms. The fourth-order valence-corrected chi connectivity index (χ4v) is 6.24. The van der Waals surface area contributed by atoms with Crippen LogP contribution in [0.4, 0.5) is 13.2 Å². The van der Waals surface area contributed by atoms with Crippen molar-refractivity contribution < 1.29 is 22.3 Å². The quantitative estimate of drug-likeness (QED) is 0.358. The van der Waals surface area contributed by atoms with Gasteiger partial charge in [0.1, 0.15) is 10.5 Å². The van der Waals surface area contributed by atoms with Crippen molar-refractivity contribution in [2.24, 2.45) is 17.8 Å². The lowest BCUT2D eigenvalue weighted by Gasteiger charge is -2.46. The van der Waals surface area contributed by atoms with Crippen molar-refractivity contribution in [1.29, 1.82) is 0 Å². The van der Waals surface area contributed by atoms with Gasteiger partial charge in [-0.2, -0.15) is 13.2 Å². The molecule has 0 radical (unpaired) electrons. The van der Waals surface area contributed by atoms with Crippen LogP contribution in [0.15, 0.2) is 40.8 Å². The molecule has 0 spiro atoms. The van der Waals surface area contributed by atoms with Gasteiger partial charge in [-0.3, -0.25) is 0 Å². The van der Waals surface area contributed by atoms with Crippen LogP contribution in [0.5, 0.6) is 0 Å². The van der Waals surface area contributed by atoms with E-state index in [4.69, 9.17) is 14.1 Å². The molecule has 2 aromatic heterocycles. The zero-order chi connectivity index (χ0) is 23.4. The zero-order valence-electron chi connectivity index (χ0n) is 18.7. The summed E-state index contributed by atoms with van der Waals surface area (Å²) >= 11 is 1.35. The van der Waals surface area contributed by atoms with E-state index in [-0.39, 0.29) is 11.5 Å². The Morgan fingerprint density at radius 3 is 2.70 bits per heavy atom. The van der Waals surface area contributed by atoms with Gasteiger partial charge in [-0.25, -0.2) is 9.97 Å². The second kappa shape index (κ2) is 8.24. The maximum atomic E-state index is 14.0. The highest BCUT2D eigenvalue weighted by Gasteiger charge is 2.53. The molecule has 3 aliphatic carbocycles. The predicted molar refractivity (Wildman–Crippen MR) is 122 cm³/mol. The smallest absolute Gasteiger partial charge is 0.421 e. The Kier molecular flexibility index (Phi) is 5.64. The molecule has 3 aliphatic rings. The Balaban J connectivity index is 1.61. The number of thiazole rings is 1. The average Bonchev–Trinajstić information content (AvgIpc) is 3.40. The van der Waals surface area contributed by atoms with Crippen LogP contribution in [0.1, 0.15) is 56.4 Å². The lowest BCUT2D eigenvalue weighted by atomic mass is 9.58. The number of hydrogen-bond donors (Lipinski definition) is 0. The number of allylic oxidation sites excluding steroid dienone is 1. The number of fused-ring (bicyclic) bond motifs is 5. The third-order valence-electron chi connectivity index (χ3n) is 7.70. The van der Waals surface area contributed by atoms with Crippen LogP contribution in [0.3, 0.4) is 0 Å².